The normalized spacial score (nSPS) is 44.4. The van der Waals surface area contributed by atoms with Crippen LogP contribution in [0, 0.1) is 16.7 Å². The number of hydrogen-bond donors (Lipinski definition) is 3. The minimum atomic E-state index is -1.22. The number of rotatable bonds is 4. The van der Waals surface area contributed by atoms with Gasteiger partial charge in [-0.25, -0.2) is 4.79 Å². The molecule has 1 spiro atoms. The molecular formula is C32H42N2O6. The van der Waals surface area contributed by atoms with Crippen LogP contribution in [0.1, 0.15) is 62.7 Å². The largest absolute Gasteiger partial charge is 0.454 e. The summed E-state index contributed by atoms with van der Waals surface area (Å²) in [6.07, 6.45) is 6.99. The Hall–Kier alpha value is -2.23. The van der Waals surface area contributed by atoms with E-state index in [-0.39, 0.29) is 17.3 Å². The highest BCUT2D eigenvalue weighted by Gasteiger charge is 2.79. The van der Waals surface area contributed by atoms with Crippen molar-refractivity contribution in [2.45, 2.75) is 81.6 Å². The van der Waals surface area contributed by atoms with E-state index in [0.29, 0.717) is 44.4 Å². The van der Waals surface area contributed by atoms with E-state index in [4.69, 9.17) is 14.2 Å². The summed E-state index contributed by atoms with van der Waals surface area (Å²) in [6, 6.07) is 7.35. The second kappa shape index (κ2) is 8.65. The van der Waals surface area contributed by atoms with E-state index in [9.17, 15) is 15.0 Å². The molecule has 216 valence electrons. The van der Waals surface area contributed by atoms with Gasteiger partial charge in [-0.2, -0.15) is 0 Å². The van der Waals surface area contributed by atoms with Crippen molar-refractivity contribution in [3.63, 3.8) is 0 Å². The number of nitrogens with one attached hydrogen (secondary N) is 1. The van der Waals surface area contributed by atoms with Crippen LogP contribution in [0.4, 0.5) is 5.69 Å². The maximum atomic E-state index is 13.4. The van der Waals surface area contributed by atoms with E-state index in [1.165, 1.54) is 0 Å². The first-order chi connectivity index (χ1) is 19.0. The highest BCUT2D eigenvalue weighted by atomic mass is 16.7. The fourth-order valence-corrected chi connectivity index (χ4v) is 9.78. The van der Waals surface area contributed by atoms with Crippen molar-refractivity contribution >= 4 is 11.7 Å². The van der Waals surface area contributed by atoms with Crippen molar-refractivity contribution in [3.05, 3.63) is 53.1 Å². The van der Waals surface area contributed by atoms with Crippen LogP contribution in [0.3, 0.4) is 0 Å². The molecule has 0 amide bonds. The standard InChI is InChI=1S/C32H42N2O6/c1-20(39-27(36)22-7-5-6-8-24(22)33-3)23-11-12-31-25-10-9-21-17-30(37)14-13-28(21,2)32(25,40-30)26(35)18-29(23,31)19-34(4)15-16-38-31/h5-8,10-11,20-21,26,33,35,37H,9,12-19H2,1-4H3/t20?,21-,26-,28+,29?,30+,31+,32?/m1/s1. The molecule has 4 aliphatic carbocycles. The molecule has 1 aromatic rings. The number of benzene rings is 1. The van der Waals surface area contributed by atoms with Crippen molar-refractivity contribution in [1.29, 1.82) is 0 Å². The van der Waals surface area contributed by atoms with Crippen molar-refractivity contribution in [2.24, 2.45) is 16.7 Å². The Morgan fingerprint density at radius 2 is 2.02 bits per heavy atom. The first-order valence-electron chi connectivity index (χ1n) is 14.9. The van der Waals surface area contributed by atoms with E-state index in [2.05, 4.69) is 36.3 Å². The van der Waals surface area contributed by atoms with Gasteiger partial charge in [0.05, 0.1) is 18.3 Å². The van der Waals surface area contributed by atoms with Crippen LogP contribution in [-0.2, 0) is 14.2 Å². The predicted molar refractivity (Wildman–Crippen MR) is 150 cm³/mol. The number of aliphatic hydroxyl groups excluding tert-OH is 1. The number of hydrogen-bond acceptors (Lipinski definition) is 8. The molecule has 40 heavy (non-hydrogen) atoms. The third-order valence-corrected chi connectivity index (χ3v) is 11.6. The minimum Gasteiger partial charge on any atom is -0.454 e. The number of esters is 1. The van der Waals surface area contributed by atoms with Crippen molar-refractivity contribution in [3.8, 4) is 0 Å². The number of anilines is 1. The molecule has 8 heteroatoms. The second-order valence-electron chi connectivity index (χ2n) is 13.4. The second-order valence-corrected chi connectivity index (χ2v) is 13.4. The molecular weight excluding hydrogens is 508 g/mol. The summed E-state index contributed by atoms with van der Waals surface area (Å²) in [7, 11) is 3.88. The van der Waals surface area contributed by atoms with Crippen LogP contribution in [-0.4, -0.2) is 84.1 Å². The lowest BCUT2D eigenvalue weighted by molar-refractivity contribution is -0.401. The van der Waals surface area contributed by atoms with Crippen molar-refractivity contribution < 1.29 is 29.2 Å². The maximum absolute atomic E-state index is 13.4. The lowest BCUT2D eigenvalue weighted by atomic mass is 9.41. The van der Waals surface area contributed by atoms with Crippen LogP contribution in [0.15, 0.2) is 47.6 Å². The highest BCUT2D eigenvalue weighted by Crippen LogP contribution is 2.74. The number of para-hydroxylation sites is 1. The number of carbonyl (C=O) groups is 1. The molecule has 8 atom stereocenters. The van der Waals surface area contributed by atoms with Gasteiger partial charge in [0, 0.05) is 49.5 Å². The fourth-order valence-electron chi connectivity index (χ4n) is 9.78. The van der Waals surface area contributed by atoms with E-state index >= 15 is 0 Å². The number of ether oxygens (including phenoxy) is 3. The molecule has 1 aromatic carbocycles. The van der Waals surface area contributed by atoms with E-state index in [1.54, 1.807) is 13.1 Å². The minimum absolute atomic E-state index is 0.247. The van der Waals surface area contributed by atoms with Gasteiger partial charge >= 0.3 is 5.97 Å². The molecule has 5 fully saturated rings. The average molecular weight is 551 g/mol. The average Bonchev–Trinajstić information content (AvgIpc) is 3.14. The van der Waals surface area contributed by atoms with Gasteiger partial charge < -0.3 is 34.6 Å². The molecule has 8 rings (SSSR count). The number of allylic oxidation sites excluding steroid dienone is 1. The molecule has 3 unspecified atom stereocenters. The SMILES string of the molecule is CNc1ccccc1C(=O)OC(C)C1=CC[C@@]23OCCN(C)CC12C[C@@H](O)C12O[C@@]4(O)CC[C@@]1(C)[C@H](CC=C23)C4. The maximum Gasteiger partial charge on any atom is 0.340 e. The summed E-state index contributed by atoms with van der Waals surface area (Å²) in [5, 5.41) is 26.9. The zero-order valence-corrected chi connectivity index (χ0v) is 24.0. The summed E-state index contributed by atoms with van der Waals surface area (Å²) in [6.45, 7) is 6.18. The number of fused-ring (bicyclic) bond motifs is 1. The van der Waals surface area contributed by atoms with E-state index in [1.807, 2.05) is 25.1 Å². The van der Waals surface area contributed by atoms with Crippen molar-refractivity contribution in [2.75, 3.05) is 39.1 Å². The predicted octanol–water partition coefficient (Wildman–Crippen LogP) is 3.65. The Balaban J connectivity index is 1.31. The zero-order chi connectivity index (χ0) is 28.1. The number of carbonyl (C=O) groups excluding carboxylic acids is 1. The number of aliphatic hydroxyl groups is 2. The molecule has 0 aromatic heterocycles. The summed E-state index contributed by atoms with van der Waals surface area (Å²) in [4.78, 5) is 15.7. The lowest BCUT2D eigenvalue weighted by Crippen LogP contribution is -2.79. The quantitative estimate of drug-likeness (QED) is 0.386. The van der Waals surface area contributed by atoms with Gasteiger partial charge in [0.1, 0.15) is 17.3 Å². The van der Waals surface area contributed by atoms with Crippen LogP contribution in [0.25, 0.3) is 0 Å². The van der Waals surface area contributed by atoms with Crippen LogP contribution >= 0.6 is 0 Å². The monoisotopic (exact) mass is 550 g/mol. The van der Waals surface area contributed by atoms with Gasteiger partial charge in [-0.3, -0.25) is 0 Å². The lowest BCUT2D eigenvalue weighted by Gasteiger charge is -2.73. The molecule has 3 N–H and O–H groups in total. The molecule has 7 aliphatic rings. The summed E-state index contributed by atoms with van der Waals surface area (Å²) in [5.74, 6) is -1.36. The van der Waals surface area contributed by atoms with Crippen molar-refractivity contribution in [1.82, 2.24) is 4.90 Å². The number of nitrogens with zero attached hydrogens (tertiary/aromatic N) is 1. The van der Waals surface area contributed by atoms with Gasteiger partial charge in [0.2, 0.25) is 0 Å². The molecule has 3 saturated heterocycles. The topological polar surface area (TPSA) is 100 Å². The third-order valence-electron chi connectivity index (χ3n) is 11.6. The van der Waals surface area contributed by atoms with Gasteiger partial charge in [0.15, 0.2) is 5.79 Å². The number of likely N-dealkylation sites (N-methyl/N-ethyl adjacent to an activating group) is 1. The Bertz CT molecular complexity index is 1310. The molecule has 3 aliphatic heterocycles. The van der Waals surface area contributed by atoms with E-state index < -0.39 is 34.6 Å². The first-order valence-corrected chi connectivity index (χ1v) is 14.9. The molecule has 3 heterocycles. The Kier molecular flexibility index (Phi) is 5.76. The smallest absolute Gasteiger partial charge is 0.340 e. The highest BCUT2D eigenvalue weighted by molar-refractivity contribution is 5.95. The van der Waals surface area contributed by atoms with Crippen LogP contribution in [0.5, 0.6) is 0 Å². The van der Waals surface area contributed by atoms with Crippen LogP contribution in [0.2, 0.25) is 0 Å². The third kappa shape index (κ3) is 3.17. The first kappa shape index (κ1) is 26.7. The van der Waals surface area contributed by atoms with E-state index in [0.717, 1.165) is 36.2 Å². The molecule has 4 bridgehead atoms. The Morgan fingerprint density at radius 3 is 2.83 bits per heavy atom. The molecule has 2 saturated carbocycles. The van der Waals surface area contributed by atoms with Crippen LogP contribution < -0.4 is 5.32 Å². The fraction of sp³-hybridized carbons (Fsp3) is 0.656. The van der Waals surface area contributed by atoms with Gasteiger partial charge in [-0.1, -0.05) is 31.2 Å². The Morgan fingerprint density at radius 1 is 1.23 bits per heavy atom. The Labute approximate surface area is 236 Å². The molecule has 0 radical (unpaired) electrons. The zero-order valence-electron chi connectivity index (χ0n) is 24.0. The molecule has 8 nitrogen and oxygen atoms in total. The van der Waals surface area contributed by atoms with Gasteiger partial charge in [0.25, 0.3) is 0 Å². The summed E-state index contributed by atoms with van der Waals surface area (Å²) in [5.41, 5.74) is 0.571. The summed E-state index contributed by atoms with van der Waals surface area (Å²) >= 11 is 0. The summed E-state index contributed by atoms with van der Waals surface area (Å²) < 4.78 is 19.9. The van der Waals surface area contributed by atoms with Gasteiger partial charge in [-0.05, 0) is 68.9 Å². The van der Waals surface area contributed by atoms with Gasteiger partial charge in [-0.15, -0.1) is 0 Å².